The Morgan fingerprint density at radius 2 is 2.00 bits per heavy atom. The molecule has 0 amide bonds. The van der Waals surface area contributed by atoms with Crippen LogP contribution in [-0.4, -0.2) is 9.55 Å². The number of rotatable bonds is 3. The van der Waals surface area contributed by atoms with E-state index >= 15 is 0 Å². The number of aromatic nitrogens is 2. The first-order chi connectivity index (χ1) is 10.1. The van der Waals surface area contributed by atoms with Crippen molar-refractivity contribution in [2.75, 3.05) is 0 Å². The molecule has 108 valence electrons. The number of nitrogens with zero attached hydrogens (tertiary/aromatic N) is 2. The molecule has 21 heavy (non-hydrogen) atoms. The van der Waals surface area contributed by atoms with Gasteiger partial charge in [0.1, 0.15) is 5.82 Å². The molecular weight excluding hydrogens is 326 g/mol. The second-order valence-electron chi connectivity index (χ2n) is 5.39. The van der Waals surface area contributed by atoms with Crippen LogP contribution in [0.1, 0.15) is 23.0 Å². The van der Waals surface area contributed by atoms with E-state index in [1.54, 1.807) is 0 Å². The molecule has 4 heteroatoms. The normalized spacial score (nSPS) is 12.8. The summed E-state index contributed by atoms with van der Waals surface area (Å²) in [4.78, 5) is 4.70. The predicted octanol–water partition coefficient (Wildman–Crippen LogP) is 3.89. The topological polar surface area (TPSA) is 43.8 Å². The number of benzene rings is 2. The average molecular weight is 344 g/mol. The van der Waals surface area contributed by atoms with Gasteiger partial charge in [-0.1, -0.05) is 34.1 Å². The van der Waals surface area contributed by atoms with Crippen molar-refractivity contribution >= 4 is 27.0 Å². The van der Waals surface area contributed by atoms with Gasteiger partial charge in [-0.05, 0) is 42.3 Å². The Morgan fingerprint density at radius 3 is 2.76 bits per heavy atom. The van der Waals surface area contributed by atoms with Crippen LogP contribution in [0.25, 0.3) is 11.0 Å². The molecule has 1 unspecified atom stereocenters. The molecule has 3 rings (SSSR count). The number of nitrogens with two attached hydrogens (primary N) is 1. The molecule has 0 aliphatic heterocycles. The van der Waals surface area contributed by atoms with Gasteiger partial charge >= 0.3 is 0 Å². The van der Waals surface area contributed by atoms with Gasteiger partial charge in [0, 0.05) is 24.0 Å². The quantitative estimate of drug-likeness (QED) is 0.783. The second-order valence-corrected chi connectivity index (χ2v) is 6.30. The van der Waals surface area contributed by atoms with Crippen LogP contribution in [0.15, 0.2) is 46.9 Å². The van der Waals surface area contributed by atoms with Crippen molar-refractivity contribution in [3.8, 4) is 0 Å². The SMILES string of the molecule is Cc1ccc(Br)cc1C(N)Cc1nc2ccccc2n1C. The molecule has 0 aliphatic carbocycles. The van der Waals surface area contributed by atoms with Gasteiger partial charge in [-0.25, -0.2) is 4.98 Å². The largest absolute Gasteiger partial charge is 0.331 e. The molecule has 1 aromatic heterocycles. The zero-order chi connectivity index (χ0) is 15.0. The standard InChI is InChI=1S/C17H18BrN3/c1-11-7-8-12(18)9-13(11)14(19)10-17-20-15-5-3-4-6-16(15)21(17)2/h3-9,14H,10,19H2,1-2H3. The van der Waals surface area contributed by atoms with E-state index in [1.807, 2.05) is 31.3 Å². The highest BCUT2D eigenvalue weighted by molar-refractivity contribution is 9.10. The number of halogens is 1. The summed E-state index contributed by atoms with van der Waals surface area (Å²) in [6, 6.07) is 14.3. The van der Waals surface area contributed by atoms with Crippen LogP contribution < -0.4 is 5.73 Å². The first kappa shape index (κ1) is 14.3. The van der Waals surface area contributed by atoms with E-state index in [4.69, 9.17) is 10.7 Å². The highest BCUT2D eigenvalue weighted by atomic mass is 79.9. The lowest BCUT2D eigenvalue weighted by atomic mass is 9.99. The Hall–Kier alpha value is -1.65. The monoisotopic (exact) mass is 343 g/mol. The number of aryl methyl sites for hydroxylation is 2. The van der Waals surface area contributed by atoms with Crippen molar-refractivity contribution in [3.05, 3.63) is 63.9 Å². The second kappa shape index (κ2) is 5.62. The molecule has 2 aromatic carbocycles. The summed E-state index contributed by atoms with van der Waals surface area (Å²) in [6.45, 7) is 2.09. The van der Waals surface area contributed by atoms with Gasteiger partial charge in [0.2, 0.25) is 0 Å². The summed E-state index contributed by atoms with van der Waals surface area (Å²) < 4.78 is 3.19. The first-order valence-electron chi connectivity index (χ1n) is 6.98. The van der Waals surface area contributed by atoms with Crippen molar-refractivity contribution in [2.24, 2.45) is 12.8 Å². The molecule has 0 spiro atoms. The van der Waals surface area contributed by atoms with Crippen LogP contribution in [0.2, 0.25) is 0 Å². The minimum atomic E-state index is -0.0574. The predicted molar refractivity (Wildman–Crippen MR) is 90.2 cm³/mol. The summed E-state index contributed by atoms with van der Waals surface area (Å²) in [5.41, 5.74) is 11.0. The lowest BCUT2D eigenvalue weighted by Crippen LogP contribution is -2.17. The third-order valence-corrected chi connectivity index (χ3v) is 4.42. The molecular formula is C17H18BrN3. The molecule has 3 aromatic rings. The van der Waals surface area contributed by atoms with Gasteiger partial charge < -0.3 is 10.3 Å². The van der Waals surface area contributed by atoms with Crippen LogP contribution in [0, 0.1) is 6.92 Å². The zero-order valence-corrected chi connectivity index (χ0v) is 13.8. The van der Waals surface area contributed by atoms with Crippen molar-refractivity contribution in [1.29, 1.82) is 0 Å². The van der Waals surface area contributed by atoms with Gasteiger partial charge in [-0.2, -0.15) is 0 Å². The number of fused-ring (bicyclic) bond motifs is 1. The van der Waals surface area contributed by atoms with Gasteiger partial charge in [0.25, 0.3) is 0 Å². The summed E-state index contributed by atoms with van der Waals surface area (Å²) in [6.07, 6.45) is 0.725. The van der Waals surface area contributed by atoms with Gasteiger partial charge in [-0.3, -0.25) is 0 Å². The minimum absolute atomic E-state index is 0.0574. The zero-order valence-electron chi connectivity index (χ0n) is 12.2. The molecule has 3 nitrogen and oxygen atoms in total. The number of hydrogen-bond donors (Lipinski definition) is 1. The van der Waals surface area contributed by atoms with Crippen LogP contribution in [-0.2, 0) is 13.5 Å². The Balaban J connectivity index is 1.94. The van der Waals surface area contributed by atoms with Crippen molar-refractivity contribution < 1.29 is 0 Å². The van der Waals surface area contributed by atoms with Crippen molar-refractivity contribution in [2.45, 2.75) is 19.4 Å². The van der Waals surface area contributed by atoms with E-state index in [0.29, 0.717) is 0 Å². The molecule has 0 fully saturated rings. The number of imidazole rings is 1. The lowest BCUT2D eigenvalue weighted by Gasteiger charge is -2.15. The third-order valence-electron chi connectivity index (χ3n) is 3.92. The third kappa shape index (κ3) is 2.74. The highest BCUT2D eigenvalue weighted by Crippen LogP contribution is 2.24. The van der Waals surface area contributed by atoms with Gasteiger partial charge in [-0.15, -0.1) is 0 Å². The fourth-order valence-electron chi connectivity index (χ4n) is 2.70. The first-order valence-corrected chi connectivity index (χ1v) is 7.77. The fourth-order valence-corrected chi connectivity index (χ4v) is 3.07. The smallest absolute Gasteiger partial charge is 0.111 e. The Morgan fingerprint density at radius 1 is 1.24 bits per heavy atom. The van der Waals surface area contributed by atoms with E-state index in [2.05, 4.69) is 45.6 Å². The molecule has 0 aliphatic rings. The molecule has 2 N–H and O–H groups in total. The summed E-state index contributed by atoms with van der Waals surface area (Å²) >= 11 is 3.52. The van der Waals surface area contributed by atoms with Gasteiger partial charge in [0.05, 0.1) is 11.0 Å². The number of hydrogen-bond acceptors (Lipinski definition) is 2. The molecule has 0 bridgehead atoms. The van der Waals surface area contributed by atoms with E-state index in [1.165, 1.54) is 5.56 Å². The maximum Gasteiger partial charge on any atom is 0.111 e. The van der Waals surface area contributed by atoms with Gasteiger partial charge in [0.15, 0.2) is 0 Å². The summed E-state index contributed by atoms with van der Waals surface area (Å²) in [5.74, 6) is 1.02. The van der Waals surface area contributed by atoms with Crippen LogP contribution in [0.4, 0.5) is 0 Å². The fraction of sp³-hybridized carbons (Fsp3) is 0.235. The molecule has 0 saturated carbocycles. The molecule has 0 saturated heterocycles. The maximum atomic E-state index is 6.41. The van der Waals surface area contributed by atoms with Crippen LogP contribution >= 0.6 is 15.9 Å². The van der Waals surface area contributed by atoms with E-state index in [-0.39, 0.29) is 6.04 Å². The lowest BCUT2D eigenvalue weighted by molar-refractivity contribution is 0.661. The van der Waals surface area contributed by atoms with Crippen molar-refractivity contribution in [3.63, 3.8) is 0 Å². The summed E-state index contributed by atoms with van der Waals surface area (Å²) in [5, 5.41) is 0. The Bertz CT molecular complexity index is 792. The Labute approximate surface area is 132 Å². The maximum absolute atomic E-state index is 6.41. The Kier molecular flexibility index (Phi) is 3.83. The van der Waals surface area contributed by atoms with Crippen LogP contribution in [0.3, 0.4) is 0 Å². The summed E-state index contributed by atoms with van der Waals surface area (Å²) in [7, 11) is 2.05. The molecule has 1 heterocycles. The van der Waals surface area contributed by atoms with Crippen molar-refractivity contribution in [1.82, 2.24) is 9.55 Å². The molecule has 1 atom stereocenters. The van der Waals surface area contributed by atoms with E-state index in [0.717, 1.165) is 33.3 Å². The number of para-hydroxylation sites is 2. The highest BCUT2D eigenvalue weighted by Gasteiger charge is 2.15. The van der Waals surface area contributed by atoms with E-state index < -0.39 is 0 Å². The average Bonchev–Trinajstić information content (AvgIpc) is 2.78. The minimum Gasteiger partial charge on any atom is -0.331 e. The molecule has 0 radical (unpaired) electrons. The van der Waals surface area contributed by atoms with Crippen LogP contribution in [0.5, 0.6) is 0 Å². The van der Waals surface area contributed by atoms with E-state index in [9.17, 15) is 0 Å².